The van der Waals surface area contributed by atoms with E-state index in [1.54, 1.807) is 12.1 Å². The van der Waals surface area contributed by atoms with E-state index >= 15 is 0 Å². The molecule has 0 fully saturated rings. The van der Waals surface area contributed by atoms with Gasteiger partial charge in [-0.25, -0.2) is 4.79 Å². The van der Waals surface area contributed by atoms with Gasteiger partial charge in [0.2, 0.25) is 6.10 Å². The Balaban J connectivity index is 2.70. The van der Waals surface area contributed by atoms with E-state index in [2.05, 4.69) is 0 Å². The molecule has 0 aliphatic rings. The van der Waals surface area contributed by atoms with E-state index in [0.29, 0.717) is 5.56 Å². The minimum Gasteiger partial charge on any atom is -0.508 e. The third kappa shape index (κ3) is 3.21. The van der Waals surface area contributed by atoms with Crippen LogP contribution in [0.4, 0.5) is 0 Å². The number of carboxylic acids is 1. The molecule has 0 radical (unpaired) electrons. The van der Waals surface area contributed by atoms with Crippen molar-refractivity contribution in [2.24, 2.45) is 0 Å². The fourth-order valence-corrected chi connectivity index (χ4v) is 0.977. The number of aromatic hydroxyl groups is 1. The van der Waals surface area contributed by atoms with Crippen molar-refractivity contribution in [2.45, 2.75) is 6.10 Å². The van der Waals surface area contributed by atoms with E-state index in [1.165, 1.54) is 18.2 Å². The number of hydrogen-bond acceptors (Lipinski definition) is 4. The molecule has 1 aromatic rings. The lowest BCUT2D eigenvalue weighted by Crippen LogP contribution is -2.27. The van der Waals surface area contributed by atoms with Crippen LogP contribution >= 0.6 is 0 Å². The molecular formula is C11H10O5. The number of aliphatic hydroxyl groups excluding tert-OH is 1. The average Bonchev–Trinajstić information content (AvgIpc) is 2.26. The predicted octanol–water partition coefficient (Wildman–Crippen LogP) is 0.420. The van der Waals surface area contributed by atoms with Crippen molar-refractivity contribution < 1.29 is 24.9 Å². The van der Waals surface area contributed by atoms with Gasteiger partial charge in [-0.3, -0.25) is 4.79 Å². The number of carbonyl (C=O) groups is 2. The van der Waals surface area contributed by atoms with Crippen LogP contribution in [0.15, 0.2) is 30.3 Å². The molecule has 0 spiro atoms. The molecule has 84 valence electrons. The van der Waals surface area contributed by atoms with Crippen LogP contribution in [-0.2, 0) is 9.59 Å². The molecule has 1 atom stereocenters. The van der Waals surface area contributed by atoms with Gasteiger partial charge in [-0.15, -0.1) is 0 Å². The first-order valence-corrected chi connectivity index (χ1v) is 4.42. The van der Waals surface area contributed by atoms with Gasteiger partial charge in [-0.05, 0) is 23.8 Å². The van der Waals surface area contributed by atoms with E-state index in [0.717, 1.165) is 6.08 Å². The summed E-state index contributed by atoms with van der Waals surface area (Å²) in [5.74, 6) is -2.39. The number of carbonyl (C=O) groups excluding carboxylic acids is 1. The first-order chi connectivity index (χ1) is 7.50. The van der Waals surface area contributed by atoms with Gasteiger partial charge in [0.1, 0.15) is 5.75 Å². The first-order valence-electron chi connectivity index (χ1n) is 4.42. The maximum atomic E-state index is 11.1. The quantitative estimate of drug-likeness (QED) is 0.507. The highest BCUT2D eigenvalue weighted by Crippen LogP contribution is 2.10. The highest BCUT2D eigenvalue weighted by atomic mass is 16.4. The normalized spacial score (nSPS) is 12.6. The molecule has 1 unspecified atom stereocenters. The lowest BCUT2D eigenvalue weighted by atomic mass is 10.1. The molecule has 1 aromatic carbocycles. The third-order valence-corrected chi connectivity index (χ3v) is 1.84. The van der Waals surface area contributed by atoms with Crippen molar-refractivity contribution in [2.75, 3.05) is 0 Å². The number of rotatable bonds is 4. The van der Waals surface area contributed by atoms with Gasteiger partial charge in [-0.1, -0.05) is 18.2 Å². The number of hydrogen-bond donors (Lipinski definition) is 3. The van der Waals surface area contributed by atoms with Crippen molar-refractivity contribution in [3.05, 3.63) is 35.9 Å². The van der Waals surface area contributed by atoms with Gasteiger partial charge in [-0.2, -0.15) is 0 Å². The van der Waals surface area contributed by atoms with Gasteiger partial charge in [0.15, 0.2) is 5.78 Å². The fourth-order valence-electron chi connectivity index (χ4n) is 0.977. The molecule has 0 saturated heterocycles. The summed E-state index contributed by atoms with van der Waals surface area (Å²) in [5, 5.41) is 26.2. The Hall–Kier alpha value is -2.14. The Morgan fingerprint density at radius 2 is 1.75 bits per heavy atom. The number of carboxylic acid groups (broad SMARTS) is 1. The van der Waals surface area contributed by atoms with E-state index in [9.17, 15) is 9.59 Å². The summed E-state index contributed by atoms with van der Waals surface area (Å²) in [4.78, 5) is 21.3. The Labute approximate surface area is 91.3 Å². The lowest BCUT2D eigenvalue weighted by Gasteiger charge is -1.99. The minimum absolute atomic E-state index is 0.0917. The highest BCUT2D eigenvalue weighted by molar-refractivity contribution is 6.08. The number of phenols is 1. The van der Waals surface area contributed by atoms with Crippen LogP contribution in [-0.4, -0.2) is 33.2 Å². The molecule has 5 nitrogen and oxygen atoms in total. The highest BCUT2D eigenvalue weighted by Gasteiger charge is 2.19. The van der Waals surface area contributed by atoms with Crippen molar-refractivity contribution in [1.29, 1.82) is 0 Å². The molecular weight excluding hydrogens is 212 g/mol. The average molecular weight is 222 g/mol. The van der Waals surface area contributed by atoms with Crippen molar-refractivity contribution in [1.82, 2.24) is 0 Å². The number of phenolic OH excluding ortho intramolecular Hbond substituents is 1. The van der Waals surface area contributed by atoms with E-state index in [1.807, 2.05) is 0 Å². The van der Waals surface area contributed by atoms with Crippen LogP contribution in [0.3, 0.4) is 0 Å². The van der Waals surface area contributed by atoms with E-state index in [-0.39, 0.29) is 5.75 Å². The second-order valence-corrected chi connectivity index (χ2v) is 3.07. The monoisotopic (exact) mass is 222 g/mol. The smallest absolute Gasteiger partial charge is 0.340 e. The van der Waals surface area contributed by atoms with Crippen LogP contribution in [0.5, 0.6) is 5.75 Å². The summed E-state index contributed by atoms with van der Waals surface area (Å²) in [5.41, 5.74) is 0.615. The maximum Gasteiger partial charge on any atom is 0.340 e. The Bertz CT molecular complexity index is 419. The van der Waals surface area contributed by atoms with Gasteiger partial charge in [0.05, 0.1) is 0 Å². The van der Waals surface area contributed by atoms with Crippen LogP contribution in [0.1, 0.15) is 5.56 Å². The van der Waals surface area contributed by atoms with E-state index < -0.39 is 17.9 Å². The zero-order valence-electron chi connectivity index (χ0n) is 8.20. The molecule has 0 heterocycles. The first kappa shape index (κ1) is 11.9. The zero-order chi connectivity index (χ0) is 12.1. The van der Waals surface area contributed by atoms with Gasteiger partial charge in [0.25, 0.3) is 0 Å². The molecule has 0 aromatic heterocycles. The van der Waals surface area contributed by atoms with Crippen molar-refractivity contribution in [3.63, 3.8) is 0 Å². The Morgan fingerprint density at radius 3 is 2.25 bits per heavy atom. The molecule has 0 bridgehead atoms. The van der Waals surface area contributed by atoms with Crippen molar-refractivity contribution >= 4 is 17.8 Å². The summed E-state index contributed by atoms with van der Waals surface area (Å²) in [7, 11) is 0. The largest absolute Gasteiger partial charge is 0.508 e. The summed E-state index contributed by atoms with van der Waals surface area (Å²) in [6, 6.07) is 5.95. The van der Waals surface area contributed by atoms with Crippen LogP contribution in [0, 0.1) is 0 Å². The number of aliphatic hydroxyl groups is 1. The fraction of sp³-hybridized carbons (Fsp3) is 0.0909. The number of aliphatic carboxylic acids is 1. The van der Waals surface area contributed by atoms with Gasteiger partial charge in [0, 0.05) is 0 Å². The summed E-state index contributed by atoms with van der Waals surface area (Å²) in [6.07, 6.45) is 0.299. The second kappa shape index (κ2) is 5.09. The maximum absolute atomic E-state index is 11.1. The molecule has 5 heteroatoms. The van der Waals surface area contributed by atoms with Gasteiger partial charge >= 0.3 is 5.97 Å². The van der Waals surface area contributed by atoms with Gasteiger partial charge < -0.3 is 15.3 Å². The summed E-state index contributed by atoms with van der Waals surface area (Å²) < 4.78 is 0. The third-order valence-electron chi connectivity index (χ3n) is 1.84. The Kier molecular flexibility index (Phi) is 3.79. The summed E-state index contributed by atoms with van der Waals surface area (Å²) >= 11 is 0. The molecule has 0 aliphatic carbocycles. The topological polar surface area (TPSA) is 94.8 Å². The van der Waals surface area contributed by atoms with Crippen LogP contribution < -0.4 is 0 Å². The SMILES string of the molecule is O=C(O)C(O)C(=O)C=Cc1ccc(O)cc1. The summed E-state index contributed by atoms with van der Waals surface area (Å²) in [6.45, 7) is 0. The van der Waals surface area contributed by atoms with Crippen LogP contribution in [0.25, 0.3) is 6.08 Å². The molecule has 16 heavy (non-hydrogen) atoms. The molecule has 0 saturated carbocycles. The molecule has 0 aliphatic heterocycles. The lowest BCUT2D eigenvalue weighted by molar-refractivity contribution is -0.150. The molecule has 1 rings (SSSR count). The number of ketones is 1. The predicted molar refractivity (Wildman–Crippen MR) is 55.8 cm³/mol. The van der Waals surface area contributed by atoms with Crippen LogP contribution in [0.2, 0.25) is 0 Å². The Morgan fingerprint density at radius 1 is 1.19 bits per heavy atom. The number of benzene rings is 1. The molecule has 0 amide bonds. The minimum atomic E-state index is -2.03. The molecule has 3 N–H and O–H groups in total. The zero-order valence-corrected chi connectivity index (χ0v) is 8.20. The second-order valence-electron chi connectivity index (χ2n) is 3.07. The van der Waals surface area contributed by atoms with Crippen molar-refractivity contribution in [3.8, 4) is 5.75 Å². The van der Waals surface area contributed by atoms with E-state index in [4.69, 9.17) is 15.3 Å². The standard InChI is InChI=1S/C11H10O5/c12-8-4-1-7(2-5-8)3-6-9(13)10(14)11(15)16/h1-6,10,12,14H,(H,15,16).